The Morgan fingerprint density at radius 2 is 1.68 bits per heavy atom. The lowest BCUT2D eigenvalue weighted by molar-refractivity contribution is -0.192. The van der Waals surface area contributed by atoms with E-state index < -0.39 is 18.2 Å². The van der Waals surface area contributed by atoms with Crippen molar-refractivity contribution in [3.63, 3.8) is 0 Å². The number of halogens is 3. The summed E-state index contributed by atoms with van der Waals surface area (Å²) in [7, 11) is 3.27. The summed E-state index contributed by atoms with van der Waals surface area (Å²) in [6.45, 7) is 0.341. The van der Waals surface area contributed by atoms with Crippen molar-refractivity contribution in [2.24, 2.45) is 5.73 Å². The van der Waals surface area contributed by atoms with Gasteiger partial charge in [0.2, 0.25) is 5.91 Å². The predicted octanol–water partition coefficient (Wildman–Crippen LogP) is 4.60. The average Bonchev–Trinajstić information content (AvgIpc) is 3.67. The first-order valence-corrected chi connectivity index (χ1v) is 14.5. The minimum absolute atomic E-state index is 0.119. The summed E-state index contributed by atoms with van der Waals surface area (Å²) >= 11 is 0. The molecule has 14 heteroatoms. The number of aryl methyl sites for hydroxylation is 2. The van der Waals surface area contributed by atoms with Gasteiger partial charge in [-0.3, -0.25) is 4.79 Å². The highest BCUT2D eigenvalue weighted by Gasteiger charge is 2.38. The molecule has 0 bridgehead atoms. The molecule has 5 N–H and O–H groups in total. The second-order valence-corrected chi connectivity index (χ2v) is 10.4. The third kappa shape index (κ3) is 9.10. The van der Waals surface area contributed by atoms with Crippen LogP contribution in [0.2, 0.25) is 0 Å². The maximum absolute atomic E-state index is 12.6. The van der Waals surface area contributed by atoms with Gasteiger partial charge in [0.25, 0.3) is 0 Å². The molecule has 0 fully saturated rings. The molecule has 2 aromatic heterocycles. The van der Waals surface area contributed by atoms with E-state index in [0.717, 1.165) is 34.3 Å². The van der Waals surface area contributed by atoms with E-state index in [0.29, 0.717) is 36.7 Å². The van der Waals surface area contributed by atoms with Crippen molar-refractivity contribution in [1.82, 2.24) is 25.1 Å². The number of nitrogens with zero attached hydrogens (tertiary/aromatic N) is 3. The Balaban J connectivity index is 0.000000644. The second kappa shape index (κ2) is 15.8. The molecule has 3 aromatic carbocycles. The summed E-state index contributed by atoms with van der Waals surface area (Å²) in [5.74, 6) is -0.121. The first-order valence-electron chi connectivity index (χ1n) is 14.5. The number of nitrogens with two attached hydrogens (primary N) is 1. The molecule has 0 aliphatic heterocycles. The number of hydrogen-bond acceptors (Lipinski definition) is 7. The number of hydrogen-bond donors (Lipinski definition) is 4. The number of benzene rings is 3. The number of fused-ring (bicyclic) bond motifs is 1. The summed E-state index contributed by atoms with van der Waals surface area (Å²) in [6, 6.07) is 23.7. The molecule has 5 aromatic rings. The fourth-order valence-corrected chi connectivity index (χ4v) is 5.00. The third-order valence-electron chi connectivity index (χ3n) is 7.33. The van der Waals surface area contributed by atoms with Gasteiger partial charge in [0.15, 0.2) is 5.82 Å². The van der Waals surface area contributed by atoms with Gasteiger partial charge in [-0.15, -0.1) is 10.2 Å². The molecule has 0 saturated heterocycles. The minimum Gasteiger partial charge on any atom is -0.497 e. The van der Waals surface area contributed by atoms with E-state index in [-0.39, 0.29) is 12.5 Å². The molecule has 0 saturated carbocycles. The van der Waals surface area contributed by atoms with Crippen LogP contribution in [0.4, 0.5) is 13.2 Å². The van der Waals surface area contributed by atoms with Gasteiger partial charge in [-0.1, -0.05) is 48.5 Å². The van der Waals surface area contributed by atoms with Gasteiger partial charge in [0.05, 0.1) is 33.4 Å². The van der Waals surface area contributed by atoms with E-state index in [1.54, 1.807) is 14.2 Å². The Morgan fingerprint density at radius 1 is 0.979 bits per heavy atom. The number of methoxy groups -OCH3 is 2. The van der Waals surface area contributed by atoms with Crippen molar-refractivity contribution >= 4 is 22.8 Å². The van der Waals surface area contributed by atoms with Gasteiger partial charge in [0.1, 0.15) is 17.3 Å². The van der Waals surface area contributed by atoms with Crippen LogP contribution in [-0.4, -0.2) is 63.7 Å². The normalized spacial score (nSPS) is 11.8. The SMILES string of the molecule is COc1ccc(Cn2c(CCc3ccccc3)nnc2[C@@H](Cc2c[nH]c3ccccc23)NC(=O)CN)c(OC)c1.O=C(O)C(F)(F)F. The van der Waals surface area contributed by atoms with E-state index in [1.165, 1.54) is 5.56 Å². The van der Waals surface area contributed by atoms with Gasteiger partial charge < -0.3 is 35.2 Å². The Labute approximate surface area is 268 Å². The van der Waals surface area contributed by atoms with Crippen LogP contribution in [0.1, 0.15) is 34.4 Å². The van der Waals surface area contributed by atoms with E-state index in [9.17, 15) is 18.0 Å². The highest BCUT2D eigenvalue weighted by atomic mass is 19.4. The molecular weight excluding hydrogens is 617 g/mol. The van der Waals surface area contributed by atoms with Crippen molar-refractivity contribution in [2.45, 2.75) is 38.0 Å². The summed E-state index contributed by atoms with van der Waals surface area (Å²) < 4.78 is 44.9. The summed E-state index contributed by atoms with van der Waals surface area (Å²) in [5.41, 5.74) is 9.98. The number of amides is 1. The van der Waals surface area contributed by atoms with Gasteiger partial charge in [0, 0.05) is 41.6 Å². The number of aromatic amines is 1. The summed E-state index contributed by atoms with van der Waals surface area (Å²) in [5, 5.41) is 20.6. The number of carbonyl (C=O) groups is 2. The molecule has 0 unspecified atom stereocenters. The Bertz CT molecular complexity index is 1790. The monoisotopic (exact) mass is 652 g/mol. The van der Waals surface area contributed by atoms with Crippen molar-refractivity contribution in [3.05, 3.63) is 107 Å². The number of alkyl halides is 3. The van der Waals surface area contributed by atoms with Crippen molar-refractivity contribution in [3.8, 4) is 11.5 Å². The maximum Gasteiger partial charge on any atom is 0.490 e. The molecule has 0 spiro atoms. The first-order chi connectivity index (χ1) is 22.5. The average molecular weight is 653 g/mol. The largest absolute Gasteiger partial charge is 0.497 e. The molecule has 0 aliphatic rings. The van der Waals surface area contributed by atoms with Crippen LogP contribution < -0.4 is 20.5 Å². The first kappa shape index (κ1) is 34.5. The number of carboxylic acids is 1. The molecular formula is C33H35F3N6O5. The molecule has 248 valence electrons. The van der Waals surface area contributed by atoms with Crippen LogP contribution in [0.25, 0.3) is 10.9 Å². The second-order valence-electron chi connectivity index (χ2n) is 10.4. The Morgan fingerprint density at radius 3 is 2.34 bits per heavy atom. The maximum atomic E-state index is 12.6. The predicted molar refractivity (Wildman–Crippen MR) is 168 cm³/mol. The van der Waals surface area contributed by atoms with Crippen LogP contribution in [0.5, 0.6) is 11.5 Å². The zero-order valence-electron chi connectivity index (χ0n) is 25.8. The lowest BCUT2D eigenvalue weighted by Crippen LogP contribution is -2.36. The number of H-pyrrole nitrogens is 1. The van der Waals surface area contributed by atoms with Gasteiger partial charge >= 0.3 is 12.1 Å². The van der Waals surface area contributed by atoms with Crippen LogP contribution in [0.3, 0.4) is 0 Å². The zero-order chi connectivity index (χ0) is 34.0. The number of aromatic nitrogens is 4. The summed E-state index contributed by atoms with van der Waals surface area (Å²) in [4.78, 5) is 24.8. The molecule has 1 amide bonds. The van der Waals surface area contributed by atoms with E-state index in [4.69, 9.17) is 25.1 Å². The van der Waals surface area contributed by atoms with Crippen LogP contribution >= 0.6 is 0 Å². The van der Waals surface area contributed by atoms with Crippen molar-refractivity contribution in [1.29, 1.82) is 0 Å². The van der Waals surface area contributed by atoms with Gasteiger partial charge in [-0.25, -0.2) is 4.79 Å². The fourth-order valence-electron chi connectivity index (χ4n) is 5.00. The van der Waals surface area contributed by atoms with Gasteiger partial charge in [-0.2, -0.15) is 13.2 Å². The topological polar surface area (TPSA) is 157 Å². The van der Waals surface area contributed by atoms with E-state index in [1.807, 2.05) is 60.8 Å². The van der Waals surface area contributed by atoms with Crippen LogP contribution in [-0.2, 0) is 35.4 Å². The zero-order valence-corrected chi connectivity index (χ0v) is 25.8. The number of para-hydroxylation sites is 1. The lowest BCUT2D eigenvalue weighted by Gasteiger charge is -2.21. The Kier molecular flexibility index (Phi) is 11.6. The number of carbonyl (C=O) groups excluding carboxylic acids is 1. The molecule has 2 heterocycles. The molecule has 47 heavy (non-hydrogen) atoms. The smallest absolute Gasteiger partial charge is 0.490 e. The number of carboxylic acid groups (broad SMARTS) is 1. The fraction of sp³-hybridized carbons (Fsp3) is 0.273. The summed E-state index contributed by atoms with van der Waals surface area (Å²) in [6.07, 6.45) is -1.09. The minimum atomic E-state index is -5.08. The Hall–Kier alpha value is -5.37. The highest BCUT2D eigenvalue weighted by molar-refractivity contribution is 5.83. The number of nitrogens with one attached hydrogen (secondary N) is 2. The van der Waals surface area contributed by atoms with Crippen LogP contribution in [0.15, 0.2) is 79.0 Å². The number of aliphatic carboxylic acids is 1. The standard InChI is InChI=1S/C31H34N6O3.C2HF3O2/c1-39-24-14-13-22(28(17-24)40-2)20-37-29(15-12-21-8-4-3-5-9-21)35-36-31(37)27(34-30(38)18-32)16-23-19-33-26-11-7-6-10-25(23)26;3-2(4,5)1(6)7/h3-11,13-14,17,19,27,33H,12,15-16,18,20,32H2,1-2H3,(H,34,38);(H,6,7)/t27-;/m1./s1. The highest BCUT2D eigenvalue weighted by Crippen LogP contribution is 2.29. The molecule has 0 radical (unpaired) electrons. The van der Waals surface area contributed by atoms with E-state index >= 15 is 0 Å². The van der Waals surface area contributed by atoms with Crippen molar-refractivity contribution in [2.75, 3.05) is 20.8 Å². The van der Waals surface area contributed by atoms with Crippen LogP contribution in [0, 0.1) is 0 Å². The quantitative estimate of drug-likeness (QED) is 0.152. The van der Waals surface area contributed by atoms with Crippen molar-refractivity contribution < 1.29 is 37.3 Å². The molecule has 11 nitrogen and oxygen atoms in total. The molecule has 5 rings (SSSR count). The molecule has 0 aliphatic carbocycles. The third-order valence-corrected chi connectivity index (χ3v) is 7.33. The van der Waals surface area contributed by atoms with E-state index in [2.05, 4.69) is 43.3 Å². The number of rotatable bonds is 12. The lowest BCUT2D eigenvalue weighted by atomic mass is 10.0. The molecule has 1 atom stereocenters. The van der Waals surface area contributed by atoms with Gasteiger partial charge in [-0.05, 0) is 35.7 Å². The number of ether oxygens (including phenoxy) is 2.